The topological polar surface area (TPSA) is 54.4 Å². The number of aliphatic carboxylic acids is 1. The maximum Gasteiger partial charge on any atom is 0.306 e. The number of ketones is 1. The number of carbonyl (C=O) groups is 2. The van der Waals surface area contributed by atoms with Gasteiger partial charge in [-0.15, -0.1) is 0 Å². The first kappa shape index (κ1) is 15.4. The van der Waals surface area contributed by atoms with Gasteiger partial charge in [0.25, 0.3) is 0 Å². The van der Waals surface area contributed by atoms with Gasteiger partial charge in [0.2, 0.25) is 0 Å². The number of hydrogen-bond donors (Lipinski definition) is 1. The number of carbonyl (C=O) groups excluding carboxylic acids is 1. The van der Waals surface area contributed by atoms with Crippen molar-refractivity contribution in [1.29, 1.82) is 0 Å². The Morgan fingerprint density at radius 3 is 2.57 bits per heavy atom. The highest BCUT2D eigenvalue weighted by atomic mass is 16.4. The molecule has 3 nitrogen and oxygen atoms in total. The number of carboxylic acid groups (broad SMARTS) is 1. The van der Waals surface area contributed by atoms with Crippen molar-refractivity contribution in [2.24, 2.45) is 34.5 Å². The molecular weight excluding hydrogens is 288 g/mol. The van der Waals surface area contributed by atoms with Crippen LogP contribution in [-0.4, -0.2) is 16.9 Å². The number of Topliss-reactive ketones (excluding diaryl/α,β-unsaturated/α-hetero) is 1. The van der Waals surface area contributed by atoms with Crippen molar-refractivity contribution in [2.75, 3.05) is 0 Å². The lowest BCUT2D eigenvalue weighted by molar-refractivity contribution is -0.144. The van der Waals surface area contributed by atoms with Crippen LogP contribution >= 0.6 is 0 Å². The third kappa shape index (κ3) is 2.01. The van der Waals surface area contributed by atoms with Gasteiger partial charge >= 0.3 is 5.97 Å². The van der Waals surface area contributed by atoms with Crippen molar-refractivity contribution in [2.45, 2.75) is 65.2 Å². The van der Waals surface area contributed by atoms with Crippen LogP contribution in [0.3, 0.4) is 0 Å². The quantitative estimate of drug-likeness (QED) is 0.737. The number of hydrogen-bond acceptors (Lipinski definition) is 2. The molecule has 4 rings (SSSR count). The molecule has 0 aromatic carbocycles. The summed E-state index contributed by atoms with van der Waals surface area (Å²) in [6.45, 7) is 4.60. The van der Waals surface area contributed by atoms with Crippen LogP contribution < -0.4 is 0 Å². The van der Waals surface area contributed by atoms with E-state index in [9.17, 15) is 14.7 Å². The van der Waals surface area contributed by atoms with E-state index in [1.165, 1.54) is 5.57 Å². The maximum atomic E-state index is 12.4. The second-order valence-electron chi connectivity index (χ2n) is 8.96. The Bertz CT molecular complexity index is 592. The van der Waals surface area contributed by atoms with Crippen LogP contribution in [0.2, 0.25) is 0 Å². The van der Waals surface area contributed by atoms with E-state index >= 15 is 0 Å². The van der Waals surface area contributed by atoms with Crippen molar-refractivity contribution in [3.63, 3.8) is 0 Å². The number of allylic oxidation sites excluding steroid dienone is 2. The zero-order chi connectivity index (χ0) is 16.4. The smallest absolute Gasteiger partial charge is 0.306 e. The molecule has 0 heterocycles. The molecule has 3 heteroatoms. The van der Waals surface area contributed by atoms with Crippen molar-refractivity contribution in [3.8, 4) is 0 Å². The molecule has 0 aliphatic heterocycles. The summed E-state index contributed by atoms with van der Waals surface area (Å²) in [5.74, 6) is 1.52. The van der Waals surface area contributed by atoms with Gasteiger partial charge in [-0.25, -0.2) is 0 Å². The van der Waals surface area contributed by atoms with Crippen molar-refractivity contribution >= 4 is 11.8 Å². The second-order valence-corrected chi connectivity index (χ2v) is 8.96. The number of rotatable bonds is 1. The lowest BCUT2D eigenvalue weighted by Gasteiger charge is -2.56. The van der Waals surface area contributed by atoms with Crippen molar-refractivity contribution in [1.82, 2.24) is 0 Å². The van der Waals surface area contributed by atoms with Crippen molar-refractivity contribution in [3.05, 3.63) is 11.6 Å². The summed E-state index contributed by atoms with van der Waals surface area (Å²) in [5.41, 5.74) is 1.52. The first-order chi connectivity index (χ1) is 10.9. The molecule has 0 bridgehead atoms. The minimum atomic E-state index is -0.632. The molecule has 0 amide bonds. The molecule has 0 aromatic rings. The van der Waals surface area contributed by atoms with Crippen LogP contribution in [0.25, 0.3) is 0 Å². The van der Waals surface area contributed by atoms with Gasteiger partial charge < -0.3 is 5.11 Å². The van der Waals surface area contributed by atoms with E-state index in [-0.39, 0.29) is 16.7 Å². The average molecular weight is 316 g/mol. The highest BCUT2D eigenvalue weighted by Crippen LogP contribution is 2.64. The van der Waals surface area contributed by atoms with Gasteiger partial charge in [-0.2, -0.15) is 0 Å². The summed E-state index contributed by atoms with van der Waals surface area (Å²) in [5, 5.41) is 9.37. The summed E-state index contributed by atoms with van der Waals surface area (Å²) < 4.78 is 0. The van der Waals surface area contributed by atoms with Crippen LogP contribution in [0.5, 0.6) is 0 Å². The Morgan fingerprint density at radius 2 is 1.83 bits per heavy atom. The van der Waals surface area contributed by atoms with E-state index in [0.717, 1.165) is 51.4 Å². The Hall–Kier alpha value is -1.12. The van der Waals surface area contributed by atoms with E-state index < -0.39 is 5.97 Å². The van der Waals surface area contributed by atoms with E-state index in [1.54, 1.807) is 0 Å². The predicted octanol–water partition coefficient (Wildman–Crippen LogP) is 4.22. The minimum Gasteiger partial charge on any atom is -0.481 e. The SMILES string of the molecule is C[C@]12CCC(C(=O)O)CC1=CC[C@@H]1[C@@H]2CC[C@]2(C)C(=O)CC[C@@H]12. The van der Waals surface area contributed by atoms with Gasteiger partial charge in [-0.3, -0.25) is 9.59 Å². The highest BCUT2D eigenvalue weighted by molar-refractivity contribution is 5.87. The van der Waals surface area contributed by atoms with Gasteiger partial charge in [0.05, 0.1) is 5.92 Å². The van der Waals surface area contributed by atoms with Gasteiger partial charge in [0, 0.05) is 11.8 Å². The molecule has 23 heavy (non-hydrogen) atoms. The van der Waals surface area contributed by atoms with E-state index in [1.807, 2.05) is 0 Å². The maximum absolute atomic E-state index is 12.4. The van der Waals surface area contributed by atoms with Crippen molar-refractivity contribution < 1.29 is 14.7 Å². The molecule has 4 aliphatic rings. The fourth-order valence-corrected chi connectivity index (χ4v) is 6.64. The summed E-state index contributed by atoms with van der Waals surface area (Å²) in [4.78, 5) is 23.8. The van der Waals surface area contributed by atoms with Crippen LogP contribution in [0.4, 0.5) is 0 Å². The molecule has 0 aromatic heterocycles. The van der Waals surface area contributed by atoms with E-state index in [2.05, 4.69) is 19.9 Å². The van der Waals surface area contributed by atoms with E-state index in [4.69, 9.17) is 0 Å². The van der Waals surface area contributed by atoms with Gasteiger partial charge in [-0.1, -0.05) is 25.5 Å². The van der Waals surface area contributed by atoms with Gasteiger partial charge in [0.1, 0.15) is 5.78 Å². The Labute approximate surface area is 138 Å². The molecule has 1 unspecified atom stereocenters. The highest BCUT2D eigenvalue weighted by Gasteiger charge is 2.58. The summed E-state index contributed by atoms with van der Waals surface area (Å²) in [6.07, 6.45) is 10.0. The zero-order valence-electron chi connectivity index (χ0n) is 14.3. The second kappa shape index (κ2) is 4.94. The molecule has 0 spiro atoms. The molecule has 6 atom stereocenters. The van der Waals surface area contributed by atoms with Crippen LogP contribution in [-0.2, 0) is 9.59 Å². The summed E-state index contributed by atoms with van der Waals surface area (Å²) >= 11 is 0. The summed E-state index contributed by atoms with van der Waals surface area (Å²) in [6, 6.07) is 0. The van der Waals surface area contributed by atoms with Gasteiger partial charge in [-0.05, 0) is 68.1 Å². The van der Waals surface area contributed by atoms with Crippen LogP contribution in [0.15, 0.2) is 11.6 Å². The molecule has 3 fully saturated rings. The summed E-state index contributed by atoms with van der Waals surface area (Å²) in [7, 11) is 0. The third-order valence-electron chi connectivity index (χ3n) is 8.16. The molecule has 3 saturated carbocycles. The monoisotopic (exact) mass is 316 g/mol. The number of fused-ring (bicyclic) bond motifs is 5. The molecule has 1 N–H and O–H groups in total. The van der Waals surface area contributed by atoms with Crippen LogP contribution in [0.1, 0.15) is 65.2 Å². The molecule has 0 saturated heterocycles. The Kier molecular flexibility index (Phi) is 3.31. The fraction of sp³-hybridized carbons (Fsp3) is 0.800. The lowest BCUT2D eigenvalue weighted by atomic mass is 9.47. The molecular formula is C20H28O3. The molecule has 4 aliphatic carbocycles. The minimum absolute atomic E-state index is 0.0683. The molecule has 0 radical (unpaired) electrons. The Morgan fingerprint density at radius 1 is 1.13 bits per heavy atom. The van der Waals surface area contributed by atoms with Gasteiger partial charge in [0.15, 0.2) is 0 Å². The average Bonchev–Trinajstić information content (AvgIpc) is 2.82. The fourth-order valence-electron chi connectivity index (χ4n) is 6.64. The lowest BCUT2D eigenvalue weighted by Crippen LogP contribution is -2.50. The number of carboxylic acids is 1. The Balaban J connectivity index is 1.65. The third-order valence-corrected chi connectivity index (χ3v) is 8.16. The normalized spacial score (nSPS) is 49.0. The largest absolute Gasteiger partial charge is 0.481 e. The molecule has 126 valence electrons. The first-order valence-corrected chi connectivity index (χ1v) is 9.32. The first-order valence-electron chi connectivity index (χ1n) is 9.32. The van der Waals surface area contributed by atoms with E-state index in [0.29, 0.717) is 23.5 Å². The zero-order valence-corrected chi connectivity index (χ0v) is 14.3. The van der Waals surface area contributed by atoms with Crippen LogP contribution in [0, 0.1) is 34.5 Å². The predicted molar refractivity (Wildman–Crippen MR) is 87.8 cm³/mol. The standard InChI is InChI=1S/C20H28O3/c1-19-9-7-12(18(22)23)11-13(19)3-4-14-15-5-6-17(21)20(15,2)10-8-16(14)19/h3,12,14-16H,4-11H2,1-2H3,(H,22,23)/t12?,14-,15-,16-,19-,20-/m0/s1.